The van der Waals surface area contributed by atoms with Crippen LogP contribution in [0.25, 0.3) is 62.2 Å². The van der Waals surface area contributed by atoms with E-state index in [9.17, 15) is 0 Å². The highest BCUT2D eigenvalue weighted by molar-refractivity contribution is 7.99. The molecule has 13 aromatic rings. The van der Waals surface area contributed by atoms with E-state index in [0.717, 1.165) is 241 Å². The van der Waals surface area contributed by atoms with Crippen LogP contribution in [0.5, 0.6) is 5.75 Å². The van der Waals surface area contributed by atoms with Gasteiger partial charge in [-0.1, -0.05) is 289 Å². The molecule has 7 aromatic carbocycles. The van der Waals surface area contributed by atoms with Crippen LogP contribution >= 0.6 is 58.8 Å². The zero-order chi connectivity index (χ0) is 89.2. The normalized spacial score (nSPS) is 15.3. The highest BCUT2D eigenvalue weighted by Crippen LogP contribution is 2.43. The van der Waals surface area contributed by atoms with E-state index >= 15 is 0 Å². The molecule has 0 saturated heterocycles. The van der Waals surface area contributed by atoms with E-state index in [1.54, 1.807) is 65.9 Å². The molecule has 0 bridgehead atoms. The Morgan fingerprint density at radius 3 is 1.06 bits per heavy atom. The maximum absolute atomic E-state index is 5.22. The Balaban J connectivity index is 0.000000120. The van der Waals surface area contributed by atoms with Crippen molar-refractivity contribution in [2.75, 3.05) is 19.6 Å². The van der Waals surface area contributed by atoms with E-state index in [1.807, 2.05) is 122 Å². The lowest BCUT2D eigenvalue weighted by molar-refractivity contribution is 0.415. The number of ether oxygens (including phenoxy) is 1. The van der Waals surface area contributed by atoms with Crippen LogP contribution < -0.4 is 4.74 Å². The summed E-state index contributed by atoms with van der Waals surface area (Å²) in [5, 5.41) is 50.7. The van der Waals surface area contributed by atoms with Gasteiger partial charge >= 0.3 is 0 Å². The molecule has 6 aromatic heterocycles. The molecule has 2 atom stereocenters. The molecule has 666 valence electrons. The Morgan fingerprint density at radius 2 is 0.679 bits per heavy atom. The van der Waals surface area contributed by atoms with Crippen molar-refractivity contribution < 1.29 is 4.74 Å². The summed E-state index contributed by atoms with van der Waals surface area (Å²) in [7, 11) is 1.67. The number of aliphatic imine (C=N–C) groups is 5. The minimum atomic E-state index is 0.423. The van der Waals surface area contributed by atoms with Crippen molar-refractivity contribution in [2.24, 2.45) is 36.8 Å². The zero-order valence-corrected chi connectivity index (χ0v) is 78.4. The van der Waals surface area contributed by atoms with E-state index in [4.69, 9.17) is 4.74 Å². The quantitative estimate of drug-likeness (QED) is 0.0356. The van der Waals surface area contributed by atoms with Gasteiger partial charge in [-0.25, -0.2) is 0 Å². The smallest absolute Gasteiger partial charge is 0.191 e. The number of para-hydroxylation sites is 1. The predicted octanol–water partition coefficient (Wildman–Crippen LogP) is 24.7. The summed E-state index contributed by atoms with van der Waals surface area (Å²) in [6.07, 6.45) is 52.4. The van der Waals surface area contributed by atoms with Crippen molar-refractivity contribution in [2.45, 2.75) is 178 Å². The van der Waals surface area contributed by atoms with Crippen molar-refractivity contribution >= 4 is 106 Å². The SMILES string of the molecule is C1=CC2CC=C(c3nnc(SCc4ccccc4)n3CCCC3=CCC=N3)C2C=C1.C1=NC(CCCn2c(SCc3ccccc3)nnc2-c2cc3ccccc3[nH]2)=CC1.C1=NC(CCCn2c(SCc3ccccc3)nnc2-c2ccccc2)=CC1.COc1ccc(-c2nnc(SC)n2CCCC2=CCC=N2)cc1.CSc1nnc(-c2ccccc2)n1CCCC1=CCC=N1. The number of fused-ring (bicyclic) bond motifs is 2. The lowest BCUT2D eigenvalue weighted by atomic mass is 9.87. The van der Waals surface area contributed by atoms with E-state index in [-0.39, 0.29) is 0 Å². The summed E-state index contributed by atoms with van der Waals surface area (Å²) in [6, 6.07) is 70.5. The molecule has 2 aliphatic carbocycles. The van der Waals surface area contributed by atoms with Gasteiger partial charge in [-0.15, -0.1) is 51.0 Å². The molecule has 0 spiro atoms. The van der Waals surface area contributed by atoms with Crippen molar-refractivity contribution in [3.05, 3.63) is 318 Å². The third-order valence-electron chi connectivity index (χ3n) is 22.9. The van der Waals surface area contributed by atoms with E-state index in [1.165, 1.54) is 56.1 Å². The first-order chi connectivity index (χ1) is 64.8. The lowest BCUT2D eigenvalue weighted by Crippen LogP contribution is -2.12. The molecule has 22 nitrogen and oxygen atoms in total. The Bertz CT molecular complexity index is 6270. The van der Waals surface area contributed by atoms with Gasteiger partial charge in [-0.3, -0.25) is 25.0 Å². The Hall–Kier alpha value is -12.4. The lowest BCUT2D eigenvalue weighted by Gasteiger charge is -2.19. The number of nitrogens with zero attached hydrogens (tertiary/aromatic N) is 20. The number of nitrogens with one attached hydrogen (secondary N) is 1. The van der Waals surface area contributed by atoms with Crippen molar-refractivity contribution in [3.8, 4) is 51.4 Å². The van der Waals surface area contributed by atoms with Crippen molar-refractivity contribution in [3.63, 3.8) is 0 Å². The maximum atomic E-state index is 5.22. The molecule has 0 saturated carbocycles. The van der Waals surface area contributed by atoms with Crippen LogP contribution in [0.3, 0.4) is 0 Å². The first kappa shape index (κ1) is 91.9. The van der Waals surface area contributed by atoms with Gasteiger partial charge in [0.2, 0.25) is 0 Å². The molecule has 20 rings (SSSR count). The molecule has 11 heterocycles. The molecule has 0 radical (unpaired) electrons. The first-order valence-electron chi connectivity index (χ1n) is 45.1. The summed E-state index contributed by atoms with van der Waals surface area (Å²) in [6.45, 7) is 4.47. The number of thioether (sulfide) groups is 5. The Kier molecular flexibility index (Phi) is 34.0. The van der Waals surface area contributed by atoms with E-state index in [2.05, 4.69) is 292 Å². The summed E-state index contributed by atoms with van der Waals surface area (Å²) >= 11 is 8.52. The second kappa shape index (κ2) is 48.5. The van der Waals surface area contributed by atoms with Gasteiger partial charge in [-0.2, -0.15) is 0 Å². The second-order valence-corrected chi connectivity index (χ2v) is 36.2. The van der Waals surface area contributed by atoms with Crippen LogP contribution in [-0.2, 0) is 50.0 Å². The van der Waals surface area contributed by atoms with E-state index < -0.39 is 0 Å². The average molecular weight is 1830 g/mol. The third-order valence-corrected chi connectivity index (χ3v) is 27.3. The highest BCUT2D eigenvalue weighted by atomic mass is 32.2. The van der Waals surface area contributed by atoms with Gasteiger partial charge < -0.3 is 32.6 Å². The number of allylic oxidation sites excluding steroid dienone is 16. The molecule has 5 aliphatic heterocycles. The number of aromatic nitrogens is 16. The third kappa shape index (κ3) is 25.6. The monoisotopic (exact) mass is 1830 g/mol. The molecule has 0 fully saturated rings. The number of aromatic amines is 1. The number of H-pyrrole nitrogens is 1. The van der Waals surface area contributed by atoms with Crippen LogP contribution in [0.15, 0.2) is 346 Å². The average Bonchev–Trinajstić information content (AvgIpc) is 1.66. The number of methoxy groups -OCH3 is 1. The minimum absolute atomic E-state index is 0.423. The van der Waals surface area contributed by atoms with Gasteiger partial charge in [0, 0.05) is 181 Å². The Morgan fingerprint density at radius 1 is 0.344 bits per heavy atom. The molecular formula is C104H109N21OS5. The van der Waals surface area contributed by atoms with Gasteiger partial charge in [-0.05, 0) is 142 Å². The van der Waals surface area contributed by atoms with Crippen LogP contribution in [0.4, 0.5) is 0 Å². The van der Waals surface area contributed by atoms with E-state index in [0.29, 0.717) is 11.8 Å². The van der Waals surface area contributed by atoms with Crippen molar-refractivity contribution in [1.29, 1.82) is 0 Å². The fourth-order valence-electron chi connectivity index (χ4n) is 16.2. The second-order valence-electron chi connectivity index (χ2n) is 31.8. The first-order valence-corrected chi connectivity index (χ1v) is 50.5. The summed E-state index contributed by atoms with van der Waals surface area (Å²) < 4.78 is 16.5. The van der Waals surface area contributed by atoms with Gasteiger partial charge in [0.1, 0.15) is 5.75 Å². The number of benzene rings is 7. The molecule has 2 unspecified atom stereocenters. The number of hydrogen-bond donors (Lipinski definition) is 1. The summed E-state index contributed by atoms with van der Waals surface area (Å²) in [5.41, 5.74) is 16.6. The van der Waals surface area contributed by atoms with Crippen LogP contribution in [0.1, 0.15) is 125 Å². The largest absolute Gasteiger partial charge is 0.497 e. The molecule has 1 N–H and O–H groups in total. The molecule has 0 amide bonds. The fraction of sp³-hybridized carbons (Fsp3) is 0.279. The van der Waals surface area contributed by atoms with Gasteiger partial charge in [0.05, 0.1) is 12.8 Å². The standard InChI is InChI=1S/C25H26N4S.C24H23N5S.C22H22N4S.C17H20N4OS.C16H18N4S/c1-2-8-19(9-3-1)18-30-25-28-27-24(23-15-14-20-10-4-5-13-22(20)23)29(25)17-7-12-21-11-6-16-26-21;1-2-8-18(9-3-1)17-30-24-28-27-23(22-16-19-10-4-5-13-21(19)26-22)29(24)15-7-12-20-11-6-14-25-20;1-3-9-18(10-4-1)17-27-22-25-24-21(19-11-5-2-6-12-19)26(22)16-8-14-20-13-7-15-23-20;1-22-15-9-7-13(8-10-15)16-19-20-17(23-2)21(16)12-4-6-14-5-3-11-18-14;1-21-16-19-18-15(13-7-3-2-4-8-13)20(16)12-6-10-14-9-5-11-17-14/h1-5,8-11,13,15-16,20,22H,6-7,12,14,17-18H2;1-5,8-11,13-14,16,26H,6-7,12,15,17H2;1-6,9-13,15H,7-8,14,16-17H2;5,7-11H,3-4,6,12H2,1-2H3;2-4,7-9,11H,5-6,10,12H2,1H3. The minimum Gasteiger partial charge on any atom is -0.497 e. The fourth-order valence-corrected chi connectivity index (χ4v) is 20.0. The molecule has 27 heteroatoms. The topological polar surface area (TPSA) is 240 Å². The highest BCUT2D eigenvalue weighted by Gasteiger charge is 2.32. The number of rotatable bonds is 37. The maximum Gasteiger partial charge on any atom is 0.191 e. The number of hydrogen-bond acceptors (Lipinski definition) is 21. The zero-order valence-electron chi connectivity index (χ0n) is 74.3. The summed E-state index contributed by atoms with van der Waals surface area (Å²) in [4.78, 5) is 25.6. The van der Waals surface area contributed by atoms with Crippen molar-refractivity contribution in [1.82, 2.24) is 78.8 Å². The summed E-state index contributed by atoms with van der Waals surface area (Å²) in [5.74, 6) is 9.23. The van der Waals surface area contributed by atoms with Crippen LogP contribution in [-0.4, -0.2) is 130 Å². The van der Waals surface area contributed by atoms with Crippen LogP contribution in [0, 0.1) is 11.8 Å². The van der Waals surface area contributed by atoms with Gasteiger partial charge in [0.15, 0.2) is 54.9 Å². The Labute approximate surface area is 788 Å². The molecule has 131 heavy (non-hydrogen) atoms. The molecule has 7 aliphatic rings. The van der Waals surface area contributed by atoms with Gasteiger partial charge in [0.25, 0.3) is 0 Å². The predicted molar refractivity (Wildman–Crippen MR) is 542 cm³/mol. The molecular weight excluding hydrogens is 1720 g/mol. The van der Waals surface area contributed by atoms with Crippen LogP contribution in [0.2, 0.25) is 0 Å².